The average molecular weight is 366 g/mol. The molecule has 0 spiro atoms. The van der Waals surface area contributed by atoms with Gasteiger partial charge in [-0.1, -0.05) is 48.5 Å². The second-order valence-corrected chi connectivity index (χ2v) is 7.07. The lowest BCUT2D eigenvalue weighted by atomic mass is 9.91. The van der Waals surface area contributed by atoms with Crippen molar-refractivity contribution in [2.75, 3.05) is 13.1 Å². The Morgan fingerprint density at radius 3 is 2.78 bits per heavy atom. The zero-order valence-corrected chi connectivity index (χ0v) is 15.3. The molecule has 1 atom stereocenters. The summed E-state index contributed by atoms with van der Waals surface area (Å²) in [6, 6.07) is 16.4. The third-order valence-electron chi connectivity index (χ3n) is 4.97. The van der Waals surface area contributed by atoms with E-state index in [2.05, 4.69) is 34.5 Å². The number of nitrogens with zero attached hydrogens (tertiary/aromatic N) is 1. The molecule has 2 aromatic rings. The fraction of sp³-hybridized carbons (Fsp3) is 0.333. The molecule has 142 valence electrons. The normalized spacial score (nSPS) is 17.0. The predicted molar refractivity (Wildman–Crippen MR) is 106 cm³/mol. The van der Waals surface area contributed by atoms with Crippen LogP contribution in [-0.4, -0.2) is 35.0 Å². The number of hydrogen-bond acceptors (Lipinski definition) is 3. The van der Waals surface area contributed by atoms with E-state index in [9.17, 15) is 9.90 Å². The van der Waals surface area contributed by atoms with E-state index in [1.54, 1.807) is 0 Å². The summed E-state index contributed by atoms with van der Waals surface area (Å²) in [7, 11) is 0. The van der Waals surface area contributed by atoms with Crippen LogP contribution in [0.5, 0.6) is 0 Å². The minimum atomic E-state index is -0.756. The maximum absolute atomic E-state index is 11.4. The molecule has 0 amide bonds. The third-order valence-corrected chi connectivity index (χ3v) is 4.97. The van der Waals surface area contributed by atoms with E-state index in [-0.39, 0.29) is 18.3 Å². The van der Waals surface area contributed by atoms with Crippen LogP contribution in [0.15, 0.2) is 48.5 Å². The summed E-state index contributed by atoms with van der Waals surface area (Å²) in [5.74, 6) is -0.792. The van der Waals surface area contributed by atoms with Crippen molar-refractivity contribution in [2.24, 2.45) is 5.73 Å². The van der Waals surface area contributed by atoms with E-state index in [0.29, 0.717) is 6.54 Å². The minimum Gasteiger partial charge on any atom is -0.481 e. The first-order chi connectivity index (χ1) is 13.0. The van der Waals surface area contributed by atoms with Crippen LogP contribution in [0, 0.1) is 5.41 Å². The number of nitrogens with two attached hydrogens (primary N) is 1. The van der Waals surface area contributed by atoms with Gasteiger partial charge in [-0.3, -0.25) is 15.1 Å². The van der Waals surface area contributed by atoms with E-state index < -0.39 is 5.97 Å². The standard InChI is InChI=1S/C21H26N4O2/c22-21(23)24-12-15-4-3-5-16(10-15)13-25-9-8-17-6-1-2-7-19(17)18(14-25)11-20(26)27/h1-7,10,18H,8-9,11-14H2,(H,26,27)(H4,22,23,24). The van der Waals surface area contributed by atoms with Crippen molar-refractivity contribution in [1.82, 2.24) is 10.2 Å². The first-order valence-electron chi connectivity index (χ1n) is 9.19. The molecule has 1 aliphatic heterocycles. The van der Waals surface area contributed by atoms with Gasteiger partial charge in [-0.05, 0) is 28.7 Å². The summed E-state index contributed by atoms with van der Waals surface area (Å²) in [6.45, 7) is 2.94. The molecule has 27 heavy (non-hydrogen) atoms. The number of rotatable bonds is 6. The fourth-order valence-corrected chi connectivity index (χ4v) is 3.76. The van der Waals surface area contributed by atoms with E-state index in [1.165, 1.54) is 16.7 Å². The number of benzene rings is 2. The number of hydrogen-bond donors (Lipinski definition) is 4. The summed E-state index contributed by atoms with van der Waals surface area (Å²) in [5.41, 5.74) is 10.0. The highest BCUT2D eigenvalue weighted by atomic mass is 16.4. The summed E-state index contributed by atoms with van der Waals surface area (Å²) in [5, 5.41) is 19.5. The van der Waals surface area contributed by atoms with Crippen molar-refractivity contribution in [1.29, 1.82) is 5.41 Å². The summed E-state index contributed by atoms with van der Waals surface area (Å²) in [4.78, 5) is 13.7. The van der Waals surface area contributed by atoms with Gasteiger partial charge in [-0.25, -0.2) is 0 Å². The molecular formula is C21H26N4O2. The second-order valence-electron chi connectivity index (χ2n) is 7.07. The Balaban J connectivity index is 1.73. The lowest BCUT2D eigenvalue weighted by Gasteiger charge is -2.24. The van der Waals surface area contributed by atoms with Gasteiger partial charge in [0.05, 0.1) is 6.42 Å². The van der Waals surface area contributed by atoms with Gasteiger partial charge in [0.1, 0.15) is 0 Å². The molecule has 3 rings (SSSR count). The molecule has 1 aliphatic rings. The highest BCUT2D eigenvalue weighted by molar-refractivity contribution is 5.74. The van der Waals surface area contributed by atoms with E-state index in [4.69, 9.17) is 11.1 Å². The molecule has 0 radical (unpaired) electrons. The van der Waals surface area contributed by atoms with E-state index in [0.717, 1.165) is 31.6 Å². The second kappa shape index (κ2) is 8.68. The van der Waals surface area contributed by atoms with Crippen molar-refractivity contribution in [3.05, 3.63) is 70.8 Å². The number of guanidine groups is 1. The SMILES string of the molecule is N=C(N)NCc1cccc(CN2CCc3ccccc3C(CC(=O)O)C2)c1. The number of carbonyl (C=O) groups is 1. The van der Waals surface area contributed by atoms with Gasteiger partial charge < -0.3 is 16.2 Å². The van der Waals surface area contributed by atoms with Gasteiger partial charge in [0.25, 0.3) is 0 Å². The van der Waals surface area contributed by atoms with Crippen LogP contribution in [0.1, 0.15) is 34.6 Å². The van der Waals surface area contributed by atoms with Crippen LogP contribution in [0.3, 0.4) is 0 Å². The molecule has 2 aromatic carbocycles. The maximum atomic E-state index is 11.4. The van der Waals surface area contributed by atoms with Crippen LogP contribution in [-0.2, 0) is 24.3 Å². The molecule has 1 unspecified atom stereocenters. The largest absolute Gasteiger partial charge is 0.481 e. The molecule has 0 saturated carbocycles. The smallest absolute Gasteiger partial charge is 0.304 e. The maximum Gasteiger partial charge on any atom is 0.304 e. The number of fused-ring (bicyclic) bond motifs is 1. The van der Waals surface area contributed by atoms with Crippen molar-refractivity contribution >= 4 is 11.9 Å². The average Bonchev–Trinajstić information content (AvgIpc) is 2.80. The Morgan fingerprint density at radius 2 is 2.00 bits per heavy atom. The summed E-state index contributed by atoms with van der Waals surface area (Å²) in [6.07, 6.45) is 1.08. The molecular weight excluding hydrogens is 340 g/mol. The first-order valence-corrected chi connectivity index (χ1v) is 9.19. The Morgan fingerprint density at radius 1 is 1.22 bits per heavy atom. The van der Waals surface area contributed by atoms with Crippen molar-refractivity contribution in [2.45, 2.75) is 31.8 Å². The summed E-state index contributed by atoms with van der Waals surface area (Å²) < 4.78 is 0. The fourth-order valence-electron chi connectivity index (χ4n) is 3.76. The van der Waals surface area contributed by atoms with E-state index >= 15 is 0 Å². The molecule has 6 nitrogen and oxygen atoms in total. The number of carboxylic acid groups (broad SMARTS) is 1. The molecule has 0 bridgehead atoms. The summed E-state index contributed by atoms with van der Waals surface area (Å²) >= 11 is 0. The number of nitrogens with one attached hydrogen (secondary N) is 2. The Bertz CT molecular complexity index is 821. The predicted octanol–water partition coefficient (Wildman–Crippen LogP) is 2.29. The minimum absolute atomic E-state index is 0.00348. The molecule has 0 aliphatic carbocycles. The van der Waals surface area contributed by atoms with Crippen LogP contribution in [0.4, 0.5) is 0 Å². The monoisotopic (exact) mass is 366 g/mol. The molecule has 5 N–H and O–H groups in total. The number of aliphatic carboxylic acids is 1. The topological polar surface area (TPSA) is 102 Å². The molecule has 1 heterocycles. The quantitative estimate of drug-likeness (QED) is 0.464. The van der Waals surface area contributed by atoms with Crippen LogP contribution >= 0.6 is 0 Å². The Kier molecular flexibility index (Phi) is 6.08. The van der Waals surface area contributed by atoms with Crippen molar-refractivity contribution < 1.29 is 9.90 Å². The van der Waals surface area contributed by atoms with Gasteiger partial charge in [0.2, 0.25) is 0 Å². The van der Waals surface area contributed by atoms with Gasteiger partial charge in [0.15, 0.2) is 5.96 Å². The highest BCUT2D eigenvalue weighted by Gasteiger charge is 2.24. The van der Waals surface area contributed by atoms with Crippen LogP contribution in [0.2, 0.25) is 0 Å². The number of carboxylic acids is 1. The first kappa shape index (κ1) is 18.9. The Hall–Kier alpha value is -2.86. The lowest BCUT2D eigenvalue weighted by molar-refractivity contribution is -0.137. The molecule has 6 heteroatoms. The lowest BCUT2D eigenvalue weighted by Crippen LogP contribution is -2.30. The Labute approximate surface area is 159 Å². The molecule has 0 saturated heterocycles. The molecule has 0 aromatic heterocycles. The van der Waals surface area contributed by atoms with Crippen LogP contribution in [0.25, 0.3) is 0 Å². The van der Waals surface area contributed by atoms with Gasteiger partial charge in [-0.15, -0.1) is 0 Å². The zero-order valence-electron chi connectivity index (χ0n) is 15.3. The van der Waals surface area contributed by atoms with Gasteiger partial charge >= 0.3 is 5.97 Å². The molecule has 0 fully saturated rings. The zero-order chi connectivity index (χ0) is 19.2. The van der Waals surface area contributed by atoms with Crippen molar-refractivity contribution in [3.8, 4) is 0 Å². The van der Waals surface area contributed by atoms with Gasteiger partial charge in [-0.2, -0.15) is 0 Å². The van der Waals surface area contributed by atoms with Crippen LogP contribution < -0.4 is 11.1 Å². The third kappa shape index (κ3) is 5.31. The van der Waals surface area contributed by atoms with Crippen molar-refractivity contribution in [3.63, 3.8) is 0 Å². The van der Waals surface area contributed by atoms with E-state index in [1.807, 2.05) is 24.3 Å². The van der Waals surface area contributed by atoms with Gasteiger partial charge in [0, 0.05) is 32.1 Å². The highest BCUT2D eigenvalue weighted by Crippen LogP contribution is 2.29.